The van der Waals surface area contributed by atoms with Crippen LogP contribution in [0.2, 0.25) is 0 Å². The van der Waals surface area contributed by atoms with Gasteiger partial charge >= 0.3 is 5.97 Å². The molecule has 1 saturated heterocycles. The minimum Gasteiger partial charge on any atom is -0.506 e. The number of likely N-dealkylation sites (N-methyl/N-ethyl adjacent to an activating group) is 1. The number of amidine groups is 1. The highest BCUT2D eigenvalue weighted by Crippen LogP contribution is 2.37. The highest BCUT2D eigenvalue weighted by atomic mass is 79.9. The van der Waals surface area contributed by atoms with Gasteiger partial charge in [-0.2, -0.15) is 0 Å². The molecule has 1 aliphatic heterocycles. The molecule has 0 saturated carbocycles. The summed E-state index contributed by atoms with van der Waals surface area (Å²) in [5.41, 5.74) is 1.72. The van der Waals surface area contributed by atoms with Crippen LogP contribution >= 0.6 is 43.6 Å². The van der Waals surface area contributed by atoms with Crippen LogP contribution < -0.4 is 0 Å². The Hall–Kier alpha value is -2.10. The molecule has 0 atom stereocenters. The number of aromatic hydroxyl groups is 1. The lowest BCUT2D eigenvalue weighted by Gasteiger charge is -2.12. The van der Waals surface area contributed by atoms with Crippen LogP contribution in [0.3, 0.4) is 0 Å². The summed E-state index contributed by atoms with van der Waals surface area (Å²) < 4.78 is 6.08. The number of rotatable bonds is 5. The zero-order chi connectivity index (χ0) is 21.8. The van der Waals surface area contributed by atoms with E-state index in [1.165, 1.54) is 11.8 Å². The van der Waals surface area contributed by atoms with Crippen LogP contribution in [0.5, 0.6) is 5.75 Å². The lowest BCUT2D eigenvalue weighted by molar-refractivity contribution is -0.122. The van der Waals surface area contributed by atoms with Crippen LogP contribution in [0.25, 0.3) is 6.08 Å². The summed E-state index contributed by atoms with van der Waals surface area (Å²) in [4.78, 5) is 31.5. The number of nitrogens with zero attached hydrogens (tertiary/aromatic N) is 2. The van der Waals surface area contributed by atoms with Gasteiger partial charge in [-0.1, -0.05) is 6.07 Å². The van der Waals surface area contributed by atoms with Crippen molar-refractivity contribution >= 4 is 72.4 Å². The predicted octanol–water partition coefficient (Wildman–Crippen LogP) is 5.72. The van der Waals surface area contributed by atoms with Gasteiger partial charge < -0.3 is 9.84 Å². The van der Waals surface area contributed by atoms with E-state index in [1.807, 2.05) is 6.92 Å². The van der Waals surface area contributed by atoms with Gasteiger partial charge in [0.05, 0.1) is 31.7 Å². The fourth-order valence-electron chi connectivity index (χ4n) is 2.72. The number of phenolic OH excluding ortho intramolecular Hbond substituents is 1. The number of amides is 1. The molecule has 1 heterocycles. The Balaban J connectivity index is 1.93. The molecule has 0 aromatic heterocycles. The first-order chi connectivity index (χ1) is 14.3. The Morgan fingerprint density at radius 1 is 1.23 bits per heavy atom. The Labute approximate surface area is 195 Å². The fraction of sp³-hybridized carbons (Fsp3) is 0.190. The van der Waals surface area contributed by atoms with Gasteiger partial charge in [0.2, 0.25) is 0 Å². The minimum atomic E-state index is -0.411. The first-order valence-corrected chi connectivity index (χ1v) is 11.5. The molecule has 3 rings (SSSR count). The molecule has 2 aromatic rings. The normalized spacial score (nSPS) is 16.5. The van der Waals surface area contributed by atoms with Crippen LogP contribution in [0.15, 0.2) is 55.2 Å². The van der Waals surface area contributed by atoms with E-state index in [0.29, 0.717) is 43.4 Å². The number of halogens is 2. The topological polar surface area (TPSA) is 79.2 Å². The molecule has 1 N–H and O–H groups in total. The number of hydrogen-bond donors (Lipinski definition) is 1. The minimum absolute atomic E-state index is 0.0986. The highest BCUT2D eigenvalue weighted by molar-refractivity contribution is 9.11. The Morgan fingerprint density at radius 2 is 1.93 bits per heavy atom. The molecule has 0 radical (unpaired) electrons. The average Bonchev–Trinajstić information content (AvgIpc) is 3.00. The number of carbonyl (C=O) groups excluding carboxylic acids is 2. The number of esters is 1. The molecule has 0 bridgehead atoms. The van der Waals surface area contributed by atoms with Crippen LogP contribution in [-0.4, -0.2) is 40.2 Å². The zero-order valence-electron chi connectivity index (χ0n) is 16.2. The number of benzene rings is 2. The van der Waals surface area contributed by atoms with E-state index in [2.05, 4.69) is 36.9 Å². The Kier molecular flexibility index (Phi) is 7.38. The third-order valence-electron chi connectivity index (χ3n) is 4.12. The van der Waals surface area contributed by atoms with E-state index in [0.717, 1.165) is 5.56 Å². The highest BCUT2D eigenvalue weighted by Gasteiger charge is 2.32. The van der Waals surface area contributed by atoms with Crippen molar-refractivity contribution in [2.24, 2.45) is 4.99 Å². The first-order valence-electron chi connectivity index (χ1n) is 9.09. The maximum atomic E-state index is 12.8. The molecule has 2 aromatic carbocycles. The number of ether oxygens (including phenoxy) is 1. The summed E-state index contributed by atoms with van der Waals surface area (Å²) in [7, 11) is 0. The summed E-state index contributed by atoms with van der Waals surface area (Å²) in [6.07, 6.45) is 1.75. The summed E-state index contributed by atoms with van der Waals surface area (Å²) in [6.45, 7) is 4.38. The van der Waals surface area contributed by atoms with Crippen molar-refractivity contribution < 1.29 is 19.4 Å². The number of hydrogen-bond acceptors (Lipinski definition) is 6. The van der Waals surface area contributed by atoms with Crippen molar-refractivity contribution in [1.82, 2.24) is 4.90 Å². The molecule has 0 unspecified atom stereocenters. The Morgan fingerprint density at radius 3 is 2.57 bits per heavy atom. The van der Waals surface area contributed by atoms with Crippen molar-refractivity contribution in [3.8, 4) is 5.75 Å². The molecule has 1 amide bonds. The predicted molar refractivity (Wildman–Crippen MR) is 126 cm³/mol. The van der Waals surface area contributed by atoms with E-state index in [1.54, 1.807) is 54.3 Å². The second-order valence-corrected chi connectivity index (χ2v) is 8.88. The van der Waals surface area contributed by atoms with Crippen LogP contribution in [0, 0.1) is 0 Å². The van der Waals surface area contributed by atoms with E-state index in [-0.39, 0.29) is 11.7 Å². The average molecular weight is 554 g/mol. The van der Waals surface area contributed by atoms with Gasteiger partial charge in [-0.15, -0.1) is 0 Å². The summed E-state index contributed by atoms with van der Waals surface area (Å²) in [5, 5.41) is 10.4. The van der Waals surface area contributed by atoms with Crippen molar-refractivity contribution in [2.45, 2.75) is 13.8 Å². The van der Waals surface area contributed by atoms with Gasteiger partial charge in [0, 0.05) is 6.54 Å². The second kappa shape index (κ2) is 9.80. The lowest BCUT2D eigenvalue weighted by atomic mass is 10.2. The van der Waals surface area contributed by atoms with Crippen molar-refractivity contribution in [1.29, 1.82) is 0 Å². The fourth-order valence-corrected chi connectivity index (χ4v) is 5.00. The third kappa shape index (κ3) is 4.96. The molecule has 9 heteroatoms. The standard InChI is InChI=1S/C21H18Br2N2O4S/c1-3-25-19(27)17(10-12-8-15(22)18(26)16(23)9-12)30-21(25)24-14-7-5-6-13(11-14)20(28)29-4-2/h5-11,26H,3-4H2,1-2H3. The molecule has 6 nitrogen and oxygen atoms in total. The molecule has 30 heavy (non-hydrogen) atoms. The van der Waals surface area contributed by atoms with Crippen LogP contribution in [0.4, 0.5) is 5.69 Å². The number of carbonyl (C=O) groups is 2. The Bertz CT molecular complexity index is 1050. The van der Waals surface area contributed by atoms with Gasteiger partial charge in [-0.25, -0.2) is 9.79 Å². The number of thioether (sulfide) groups is 1. The van der Waals surface area contributed by atoms with Gasteiger partial charge in [0.15, 0.2) is 5.17 Å². The van der Waals surface area contributed by atoms with Crippen LogP contribution in [-0.2, 0) is 9.53 Å². The quantitative estimate of drug-likeness (QED) is 0.378. The monoisotopic (exact) mass is 552 g/mol. The van der Waals surface area contributed by atoms with E-state index < -0.39 is 5.97 Å². The summed E-state index contributed by atoms with van der Waals surface area (Å²) in [5.74, 6) is -0.462. The summed E-state index contributed by atoms with van der Waals surface area (Å²) >= 11 is 7.86. The number of phenols is 1. The van der Waals surface area contributed by atoms with Gasteiger partial charge in [-0.05, 0) is 99.4 Å². The number of aliphatic imine (C=N–C) groups is 1. The molecular formula is C21H18Br2N2O4S. The SMILES string of the molecule is CCOC(=O)c1cccc(N=C2SC(=Cc3cc(Br)c(O)c(Br)c3)C(=O)N2CC)c1. The molecular weight excluding hydrogens is 536 g/mol. The van der Waals surface area contributed by atoms with E-state index in [9.17, 15) is 14.7 Å². The molecule has 1 fully saturated rings. The van der Waals surface area contributed by atoms with E-state index >= 15 is 0 Å². The molecule has 0 spiro atoms. The maximum Gasteiger partial charge on any atom is 0.338 e. The summed E-state index contributed by atoms with van der Waals surface area (Å²) in [6, 6.07) is 10.3. The van der Waals surface area contributed by atoms with Crippen molar-refractivity contribution in [3.63, 3.8) is 0 Å². The largest absolute Gasteiger partial charge is 0.506 e. The maximum absolute atomic E-state index is 12.8. The first kappa shape index (κ1) is 22.6. The third-order valence-corrected chi connectivity index (χ3v) is 6.34. The lowest BCUT2D eigenvalue weighted by Crippen LogP contribution is -2.28. The second-order valence-electron chi connectivity index (χ2n) is 6.16. The molecule has 1 aliphatic rings. The van der Waals surface area contributed by atoms with Crippen molar-refractivity contribution in [3.05, 3.63) is 61.4 Å². The van der Waals surface area contributed by atoms with Crippen molar-refractivity contribution in [2.75, 3.05) is 13.2 Å². The molecule has 0 aliphatic carbocycles. The van der Waals surface area contributed by atoms with E-state index in [4.69, 9.17) is 4.74 Å². The zero-order valence-corrected chi connectivity index (χ0v) is 20.2. The van der Waals surface area contributed by atoms with Gasteiger partial charge in [0.1, 0.15) is 5.75 Å². The van der Waals surface area contributed by atoms with Gasteiger partial charge in [0.25, 0.3) is 5.91 Å². The van der Waals surface area contributed by atoms with Crippen LogP contribution in [0.1, 0.15) is 29.8 Å². The smallest absolute Gasteiger partial charge is 0.338 e. The van der Waals surface area contributed by atoms with Gasteiger partial charge in [-0.3, -0.25) is 9.69 Å². The molecule has 156 valence electrons.